The lowest BCUT2D eigenvalue weighted by Gasteiger charge is -2.33. The first-order valence-corrected chi connectivity index (χ1v) is 5.67. The summed E-state index contributed by atoms with van der Waals surface area (Å²) in [5.41, 5.74) is 1.30. The molecule has 1 aliphatic rings. The second-order valence-electron chi connectivity index (χ2n) is 4.94. The number of urea groups is 1. The average Bonchev–Trinajstić information content (AvgIpc) is 2.34. The SMILES string of the molecule is C[NH+](C)[C@@H]1N(NC(=S)C(F)(F)F)C(=O)NC1(C)C. The number of rotatable bonds is 2. The molecule has 0 saturated carbocycles. The summed E-state index contributed by atoms with van der Waals surface area (Å²) in [6, 6.07) is -0.627. The molecule has 3 N–H and O–H groups in total. The molecule has 0 aromatic carbocycles. The van der Waals surface area contributed by atoms with Crippen molar-refractivity contribution < 1.29 is 22.9 Å². The Morgan fingerprint density at radius 3 is 2.39 bits per heavy atom. The summed E-state index contributed by atoms with van der Waals surface area (Å²) in [7, 11) is 3.50. The van der Waals surface area contributed by atoms with Gasteiger partial charge in [0.05, 0.1) is 14.1 Å². The molecule has 1 saturated heterocycles. The zero-order valence-corrected chi connectivity index (χ0v) is 11.3. The Labute approximate surface area is 108 Å². The lowest BCUT2D eigenvalue weighted by molar-refractivity contribution is -0.900. The van der Waals surface area contributed by atoms with Gasteiger partial charge in [0.2, 0.25) is 11.2 Å². The van der Waals surface area contributed by atoms with Gasteiger partial charge in [-0.2, -0.15) is 18.2 Å². The van der Waals surface area contributed by atoms with E-state index in [1.54, 1.807) is 27.9 Å². The molecule has 0 radical (unpaired) electrons. The van der Waals surface area contributed by atoms with Gasteiger partial charge >= 0.3 is 12.2 Å². The Hall–Kier alpha value is -1.09. The monoisotopic (exact) mass is 285 g/mol. The summed E-state index contributed by atoms with van der Waals surface area (Å²) in [5, 5.41) is 3.50. The highest BCUT2D eigenvalue weighted by Gasteiger charge is 2.51. The molecule has 0 aromatic rings. The van der Waals surface area contributed by atoms with Crippen molar-refractivity contribution in [3.63, 3.8) is 0 Å². The van der Waals surface area contributed by atoms with Crippen LogP contribution >= 0.6 is 12.2 Å². The summed E-state index contributed by atoms with van der Waals surface area (Å²) in [6.07, 6.45) is -5.17. The van der Waals surface area contributed by atoms with Crippen LogP contribution in [0.15, 0.2) is 0 Å². The fourth-order valence-electron chi connectivity index (χ4n) is 2.11. The van der Waals surface area contributed by atoms with Gasteiger partial charge in [-0.1, -0.05) is 12.2 Å². The number of carbonyl (C=O) groups excluding carboxylic acids is 1. The van der Waals surface area contributed by atoms with Crippen LogP contribution in [-0.4, -0.2) is 48.0 Å². The van der Waals surface area contributed by atoms with Gasteiger partial charge in [-0.3, -0.25) is 5.43 Å². The van der Waals surface area contributed by atoms with E-state index >= 15 is 0 Å². The van der Waals surface area contributed by atoms with E-state index in [9.17, 15) is 18.0 Å². The van der Waals surface area contributed by atoms with Gasteiger partial charge < -0.3 is 10.2 Å². The molecular weight excluding hydrogens is 269 g/mol. The maximum atomic E-state index is 12.4. The quantitative estimate of drug-likeness (QED) is 0.608. The van der Waals surface area contributed by atoms with Gasteiger partial charge in [0.1, 0.15) is 5.54 Å². The third kappa shape index (κ3) is 2.83. The highest BCUT2D eigenvalue weighted by atomic mass is 32.1. The number of quaternary nitrogens is 1. The van der Waals surface area contributed by atoms with Crippen molar-refractivity contribution in [3.05, 3.63) is 0 Å². The fourth-order valence-corrected chi connectivity index (χ4v) is 2.21. The van der Waals surface area contributed by atoms with Crippen LogP contribution in [0.4, 0.5) is 18.0 Å². The van der Waals surface area contributed by atoms with Crippen molar-refractivity contribution in [1.82, 2.24) is 15.8 Å². The number of hydrogen-bond acceptors (Lipinski definition) is 2. The van der Waals surface area contributed by atoms with E-state index in [2.05, 4.69) is 17.5 Å². The van der Waals surface area contributed by atoms with Gasteiger partial charge in [0, 0.05) is 0 Å². The molecule has 1 heterocycles. The predicted octanol–water partition coefficient (Wildman–Crippen LogP) is -0.345. The molecule has 0 bridgehead atoms. The van der Waals surface area contributed by atoms with Crippen LogP contribution in [0.5, 0.6) is 0 Å². The van der Waals surface area contributed by atoms with Crippen LogP contribution in [0, 0.1) is 0 Å². The molecule has 2 amide bonds. The zero-order chi connectivity index (χ0) is 14.3. The van der Waals surface area contributed by atoms with Crippen LogP contribution in [0.2, 0.25) is 0 Å². The minimum atomic E-state index is -4.66. The lowest BCUT2D eigenvalue weighted by Crippen LogP contribution is -3.14. The van der Waals surface area contributed by atoms with E-state index < -0.39 is 28.9 Å². The van der Waals surface area contributed by atoms with Crippen LogP contribution in [0.25, 0.3) is 0 Å². The van der Waals surface area contributed by atoms with Crippen LogP contribution in [0.1, 0.15) is 13.8 Å². The minimum Gasteiger partial charge on any atom is -0.323 e. The van der Waals surface area contributed by atoms with Crippen molar-refractivity contribution >= 4 is 23.2 Å². The Morgan fingerprint density at radius 2 is 2.00 bits per heavy atom. The number of halogens is 3. The van der Waals surface area contributed by atoms with Gasteiger partial charge in [0.15, 0.2) is 0 Å². The summed E-state index contributed by atoms with van der Waals surface area (Å²) >= 11 is 4.23. The number of likely N-dealkylation sites (N-methyl/N-ethyl adjacent to an activating group) is 1. The number of thiocarbonyl (C=S) groups is 1. The van der Waals surface area contributed by atoms with Crippen molar-refractivity contribution in [2.24, 2.45) is 0 Å². The Bertz CT molecular complexity index is 369. The number of alkyl halides is 3. The molecule has 1 aliphatic heterocycles. The first kappa shape index (κ1) is 15.0. The molecule has 1 rings (SSSR count). The molecule has 18 heavy (non-hydrogen) atoms. The second-order valence-corrected chi connectivity index (χ2v) is 5.35. The van der Waals surface area contributed by atoms with E-state index in [4.69, 9.17) is 0 Å². The number of nitrogens with zero attached hydrogens (tertiary/aromatic N) is 1. The molecule has 1 fully saturated rings. The van der Waals surface area contributed by atoms with E-state index in [1.165, 1.54) is 0 Å². The number of carbonyl (C=O) groups is 1. The number of nitrogens with one attached hydrogen (secondary N) is 3. The minimum absolute atomic E-state index is 0.509. The fraction of sp³-hybridized carbons (Fsp3) is 0.778. The largest absolute Gasteiger partial charge is 0.443 e. The number of hydrazine groups is 1. The molecule has 5 nitrogen and oxygen atoms in total. The predicted molar refractivity (Wildman–Crippen MR) is 62.8 cm³/mol. The van der Waals surface area contributed by atoms with Crippen molar-refractivity contribution in [3.8, 4) is 0 Å². The smallest absolute Gasteiger partial charge is 0.323 e. The summed E-state index contributed by atoms with van der Waals surface area (Å²) in [4.78, 5) is 11.1. The standard InChI is InChI=1S/C9H15F3N4OS/c1-8(2)6(15(3)4)16(7(17)13-8)14-5(18)9(10,11)12/h6H,1-4H3,(H,13,17)(H,14,18)/p+1/t6-/m1/s1. The second kappa shape index (κ2) is 4.54. The van der Waals surface area contributed by atoms with Gasteiger partial charge in [-0.05, 0) is 13.8 Å². The van der Waals surface area contributed by atoms with E-state index in [0.717, 1.165) is 9.91 Å². The number of amides is 2. The van der Waals surface area contributed by atoms with E-state index in [-0.39, 0.29) is 0 Å². The summed E-state index contributed by atoms with van der Waals surface area (Å²) in [6.45, 7) is 3.47. The van der Waals surface area contributed by atoms with Gasteiger partial charge in [0.25, 0.3) is 0 Å². The summed E-state index contributed by atoms with van der Waals surface area (Å²) in [5.74, 6) is 0. The Morgan fingerprint density at radius 1 is 1.50 bits per heavy atom. The third-order valence-corrected chi connectivity index (χ3v) is 2.94. The molecule has 104 valence electrons. The van der Waals surface area contributed by atoms with Gasteiger partial charge in [-0.15, -0.1) is 0 Å². The average molecular weight is 285 g/mol. The highest BCUT2D eigenvalue weighted by molar-refractivity contribution is 7.80. The normalized spacial score (nSPS) is 23.2. The molecule has 1 atom stereocenters. The Balaban J connectivity index is 2.93. The van der Waals surface area contributed by atoms with Crippen LogP contribution < -0.4 is 15.6 Å². The first-order valence-electron chi connectivity index (χ1n) is 5.26. The van der Waals surface area contributed by atoms with Crippen LogP contribution in [-0.2, 0) is 0 Å². The topological polar surface area (TPSA) is 48.8 Å². The van der Waals surface area contributed by atoms with E-state index in [0.29, 0.717) is 0 Å². The number of hydrogen-bond donors (Lipinski definition) is 3. The lowest BCUT2D eigenvalue weighted by atomic mass is 10.0. The molecule has 9 heteroatoms. The van der Waals surface area contributed by atoms with Crippen molar-refractivity contribution in [2.45, 2.75) is 31.7 Å². The molecule has 0 aromatic heterocycles. The zero-order valence-electron chi connectivity index (χ0n) is 10.5. The molecule has 0 spiro atoms. The third-order valence-electron chi connectivity index (χ3n) is 2.62. The van der Waals surface area contributed by atoms with Crippen LogP contribution in [0.3, 0.4) is 0 Å². The summed E-state index contributed by atoms with van der Waals surface area (Å²) < 4.78 is 37.1. The highest BCUT2D eigenvalue weighted by Crippen LogP contribution is 2.20. The maximum Gasteiger partial charge on any atom is 0.443 e. The molecule has 0 unspecified atom stereocenters. The maximum absolute atomic E-state index is 12.4. The Kier molecular flexibility index (Phi) is 3.78. The first-order chi connectivity index (χ1) is 7.97. The van der Waals surface area contributed by atoms with Crippen molar-refractivity contribution in [1.29, 1.82) is 0 Å². The van der Waals surface area contributed by atoms with E-state index in [1.807, 2.05) is 5.43 Å². The molecular formula is C9H16F3N4OS+. The van der Waals surface area contributed by atoms with Gasteiger partial charge in [-0.25, -0.2) is 4.79 Å². The van der Waals surface area contributed by atoms with Crippen molar-refractivity contribution in [2.75, 3.05) is 14.1 Å². The molecule has 0 aliphatic carbocycles.